The summed E-state index contributed by atoms with van der Waals surface area (Å²) >= 11 is 0. The maximum atomic E-state index is 11.5. The molecular formula is C22H27N2O2-. The third-order valence-electron chi connectivity index (χ3n) is 6.55. The van der Waals surface area contributed by atoms with E-state index < -0.39 is 0 Å². The number of hydrogen-bond donors (Lipinski definition) is 2. The summed E-state index contributed by atoms with van der Waals surface area (Å²) in [7, 11) is 0. The summed E-state index contributed by atoms with van der Waals surface area (Å²) in [6.07, 6.45) is 7.70. The van der Waals surface area contributed by atoms with Gasteiger partial charge in [-0.05, 0) is 60.8 Å². The fourth-order valence-electron chi connectivity index (χ4n) is 5.14. The summed E-state index contributed by atoms with van der Waals surface area (Å²) < 4.78 is 0. The normalized spacial score (nSPS) is 25.9. The molecule has 0 heterocycles. The van der Waals surface area contributed by atoms with Crippen LogP contribution in [0.25, 0.3) is 0 Å². The number of nitrogen functional groups attached to an aromatic ring is 1. The number of anilines is 2. The van der Waals surface area contributed by atoms with Crippen molar-refractivity contribution < 1.29 is 5.21 Å². The van der Waals surface area contributed by atoms with Gasteiger partial charge >= 0.3 is 0 Å². The predicted molar refractivity (Wildman–Crippen MR) is 105 cm³/mol. The van der Waals surface area contributed by atoms with Crippen molar-refractivity contribution in [3.63, 3.8) is 0 Å². The van der Waals surface area contributed by atoms with Gasteiger partial charge < -0.3 is 16.2 Å². The van der Waals surface area contributed by atoms with Gasteiger partial charge in [-0.25, -0.2) is 0 Å². The van der Waals surface area contributed by atoms with E-state index in [1.165, 1.54) is 49.7 Å². The van der Waals surface area contributed by atoms with E-state index in [2.05, 4.69) is 31.2 Å². The van der Waals surface area contributed by atoms with Crippen LogP contribution in [0.15, 0.2) is 42.5 Å². The zero-order chi connectivity index (χ0) is 18.3. The molecule has 0 aliphatic heterocycles. The Kier molecular flexibility index (Phi) is 4.41. The summed E-state index contributed by atoms with van der Waals surface area (Å²) in [5.41, 5.74) is 10.2. The van der Waals surface area contributed by atoms with Gasteiger partial charge in [0.15, 0.2) is 0 Å². The van der Waals surface area contributed by atoms with Gasteiger partial charge in [-0.3, -0.25) is 5.21 Å². The van der Waals surface area contributed by atoms with Crippen LogP contribution in [-0.2, 0) is 0 Å². The molecule has 4 nitrogen and oxygen atoms in total. The number of benzene rings is 2. The summed E-state index contributed by atoms with van der Waals surface area (Å²) in [5.74, 6) is 1.00. The van der Waals surface area contributed by atoms with Gasteiger partial charge in [0.1, 0.15) is 0 Å². The summed E-state index contributed by atoms with van der Waals surface area (Å²) in [5, 5.41) is 20.9. The third-order valence-corrected chi connectivity index (χ3v) is 6.55. The molecule has 3 atom stereocenters. The molecule has 0 spiro atoms. The first kappa shape index (κ1) is 17.4. The fourth-order valence-corrected chi connectivity index (χ4v) is 5.14. The number of rotatable bonds is 4. The van der Waals surface area contributed by atoms with Crippen LogP contribution in [0.3, 0.4) is 0 Å². The standard InChI is InChI=1S/C22H27N2O2/c1-15-6-8-16(9-7-15)21(22-12-4-2-3-5-18(22)14-22)17-10-11-19(23)20(13-17)24(25)26/h6-11,13,18,21,25H,2-5,12,14,23H2,1H3/q-1. The van der Waals surface area contributed by atoms with Gasteiger partial charge in [-0.2, -0.15) is 0 Å². The first-order valence-electron chi connectivity index (χ1n) is 9.63. The zero-order valence-corrected chi connectivity index (χ0v) is 15.3. The predicted octanol–water partition coefficient (Wildman–Crippen LogP) is 5.37. The molecule has 3 N–H and O–H groups in total. The minimum absolute atomic E-state index is 0.111. The Labute approximate surface area is 155 Å². The fraction of sp³-hybridized carbons (Fsp3) is 0.455. The van der Waals surface area contributed by atoms with Crippen molar-refractivity contribution in [2.45, 2.75) is 51.4 Å². The number of nitrogens with two attached hydrogens (primary N) is 1. The SMILES string of the molecule is Cc1ccc(C(c2ccc(N)c(N([O-])O)c2)C23CCCCCC2C3)cc1. The van der Waals surface area contributed by atoms with Crippen LogP contribution in [0.5, 0.6) is 0 Å². The monoisotopic (exact) mass is 351 g/mol. The topological polar surface area (TPSA) is 72.5 Å². The lowest BCUT2D eigenvalue weighted by Gasteiger charge is -2.31. The Morgan fingerprint density at radius 3 is 2.58 bits per heavy atom. The second-order valence-electron chi connectivity index (χ2n) is 8.17. The van der Waals surface area contributed by atoms with E-state index in [1.54, 1.807) is 12.1 Å². The number of fused-ring (bicyclic) bond motifs is 1. The molecule has 2 fully saturated rings. The molecule has 2 aromatic carbocycles. The van der Waals surface area contributed by atoms with Crippen molar-refractivity contribution in [2.75, 3.05) is 11.0 Å². The molecule has 0 saturated heterocycles. The first-order valence-corrected chi connectivity index (χ1v) is 9.63. The Bertz CT molecular complexity index is 787. The molecule has 3 unspecified atom stereocenters. The Morgan fingerprint density at radius 1 is 1.12 bits per heavy atom. The molecule has 2 aliphatic carbocycles. The minimum Gasteiger partial charge on any atom is -0.733 e. The lowest BCUT2D eigenvalue weighted by Crippen LogP contribution is -2.19. The number of aryl methyl sites for hydroxylation is 1. The Morgan fingerprint density at radius 2 is 1.85 bits per heavy atom. The molecule has 4 rings (SSSR count). The van der Waals surface area contributed by atoms with E-state index in [0.29, 0.717) is 5.69 Å². The van der Waals surface area contributed by atoms with Crippen molar-refractivity contribution in [1.29, 1.82) is 0 Å². The number of hydrogen-bond acceptors (Lipinski definition) is 4. The quantitative estimate of drug-likeness (QED) is 0.573. The minimum atomic E-state index is -0.111. The largest absolute Gasteiger partial charge is 0.733 e. The number of nitrogens with zero attached hydrogens (tertiary/aromatic N) is 1. The van der Waals surface area contributed by atoms with Crippen LogP contribution in [0.4, 0.5) is 11.4 Å². The highest BCUT2D eigenvalue weighted by Crippen LogP contribution is 2.68. The summed E-state index contributed by atoms with van der Waals surface area (Å²) in [4.78, 5) is 0. The van der Waals surface area contributed by atoms with Gasteiger partial charge in [0.2, 0.25) is 0 Å². The van der Waals surface area contributed by atoms with E-state index in [-0.39, 0.29) is 22.2 Å². The van der Waals surface area contributed by atoms with Gasteiger partial charge in [0, 0.05) is 5.92 Å². The zero-order valence-electron chi connectivity index (χ0n) is 15.3. The van der Waals surface area contributed by atoms with E-state index in [9.17, 15) is 10.4 Å². The Hall–Kier alpha value is -2.04. The highest BCUT2D eigenvalue weighted by molar-refractivity contribution is 5.68. The summed E-state index contributed by atoms with van der Waals surface area (Å²) in [6, 6.07) is 14.3. The van der Waals surface area contributed by atoms with E-state index in [4.69, 9.17) is 5.73 Å². The molecule has 0 bridgehead atoms. The van der Waals surface area contributed by atoms with E-state index in [0.717, 1.165) is 11.5 Å². The lowest BCUT2D eigenvalue weighted by atomic mass is 9.74. The maximum absolute atomic E-state index is 11.5. The van der Waals surface area contributed by atoms with Crippen molar-refractivity contribution in [1.82, 2.24) is 0 Å². The van der Waals surface area contributed by atoms with E-state index in [1.807, 2.05) is 6.07 Å². The molecule has 0 amide bonds. The average molecular weight is 351 g/mol. The van der Waals surface area contributed by atoms with Gasteiger partial charge in [0.05, 0.1) is 11.4 Å². The molecule has 138 valence electrons. The smallest absolute Gasteiger partial charge is 0.0741 e. The van der Waals surface area contributed by atoms with Crippen LogP contribution in [0, 0.1) is 23.5 Å². The first-order chi connectivity index (χ1) is 12.5. The van der Waals surface area contributed by atoms with Crippen molar-refractivity contribution >= 4 is 11.4 Å². The molecule has 0 aromatic heterocycles. The third kappa shape index (κ3) is 2.97. The van der Waals surface area contributed by atoms with Crippen LogP contribution in [0.2, 0.25) is 0 Å². The van der Waals surface area contributed by atoms with Crippen LogP contribution in [-0.4, -0.2) is 5.21 Å². The van der Waals surface area contributed by atoms with Crippen molar-refractivity contribution in [3.05, 3.63) is 64.4 Å². The van der Waals surface area contributed by atoms with Crippen LogP contribution in [0.1, 0.15) is 61.1 Å². The van der Waals surface area contributed by atoms with Crippen molar-refractivity contribution in [3.8, 4) is 0 Å². The second kappa shape index (κ2) is 6.60. The highest BCUT2D eigenvalue weighted by Gasteiger charge is 2.58. The van der Waals surface area contributed by atoms with Gasteiger partial charge in [-0.1, -0.05) is 55.2 Å². The van der Waals surface area contributed by atoms with Crippen LogP contribution >= 0.6 is 0 Å². The van der Waals surface area contributed by atoms with Gasteiger partial charge in [-0.15, -0.1) is 0 Å². The van der Waals surface area contributed by atoms with Crippen molar-refractivity contribution in [2.24, 2.45) is 11.3 Å². The second-order valence-corrected chi connectivity index (χ2v) is 8.17. The lowest BCUT2D eigenvalue weighted by molar-refractivity contribution is 0.296. The molecular weight excluding hydrogens is 324 g/mol. The Balaban J connectivity index is 1.81. The molecule has 2 aromatic rings. The molecule has 0 radical (unpaired) electrons. The molecule has 2 aliphatic rings. The maximum Gasteiger partial charge on any atom is 0.0741 e. The highest BCUT2D eigenvalue weighted by atomic mass is 16.8. The average Bonchev–Trinajstić information content (AvgIpc) is 3.33. The summed E-state index contributed by atoms with van der Waals surface area (Å²) in [6.45, 7) is 2.10. The van der Waals surface area contributed by atoms with Crippen LogP contribution < -0.4 is 11.0 Å². The van der Waals surface area contributed by atoms with Gasteiger partial charge in [0.25, 0.3) is 0 Å². The molecule has 2 saturated carbocycles. The van der Waals surface area contributed by atoms with E-state index >= 15 is 0 Å². The molecule has 4 heteroatoms. The molecule has 26 heavy (non-hydrogen) atoms.